The number of benzene rings is 1. The molecule has 0 bridgehead atoms. The molecule has 0 aliphatic heterocycles. The molecule has 4 nitrogen and oxygen atoms in total. The lowest BCUT2D eigenvalue weighted by Gasteiger charge is -2.20. The summed E-state index contributed by atoms with van der Waals surface area (Å²) < 4.78 is 19.5. The molecule has 0 aromatic heterocycles. The highest BCUT2D eigenvalue weighted by atomic mass is 19.1. The van der Waals surface area contributed by atoms with Crippen LogP contribution in [0.5, 0.6) is 5.75 Å². The molecule has 1 aliphatic carbocycles. The number of nitrogens with zero attached hydrogens (tertiary/aromatic N) is 1. The van der Waals surface area contributed by atoms with Gasteiger partial charge in [0.1, 0.15) is 5.41 Å². The molecule has 118 valence electrons. The van der Waals surface area contributed by atoms with E-state index in [-0.39, 0.29) is 17.7 Å². The minimum absolute atomic E-state index is 0.242. The van der Waals surface area contributed by atoms with Gasteiger partial charge in [-0.3, -0.25) is 4.79 Å². The molecule has 2 rings (SSSR count). The van der Waals surface area contributed by atoms with Crippen molar-refractivity contribution in [2.75, 3.05) is 6.61 Å². The van der Waals surface area contributed by atoms with Gasteiger partial charge in [-0.05, 0) is 57.2 Å². The Morgan fingerprint density at radius 1 is 1.55 bits per heavy atom. The molecule has 1 amide bonds. The van der Waals surface area contributed by atoms with Gasteiger partial charge in [0.05, 0.1) is 18.7 Å². The zero-order valence-electron chi connectivity index (χ0n) is 13.1. The van der Waals surface area contributed by atoms with Gasteiger partial charge in [-0.1, -0.05) is 6.07 Å². The molecule has 5 heteroatoms. The Bertz CT molecular complexity index is 603. The molecule has 1 fully saturated rings. The van der Waals surface area contributed by atoms with Crippen LogP contribution in [0.2, 0.25) is 0 Å². The van der Waals surface area contributed by atoms with E-state index in [0.29, 0.717) is 18.1 Å². The van der Waals surface area contributed by atoms with Crippen molar-refractivity contribution in [2.24, 2.45) is 11.3 Å². The van der Waals surface area contributed by atoms with Crippen molar-refractivity contribution < 1.29 is 13.9 Å². The largest absolute Gasteiger partial charge is 0.490 e. The number of nitriles is 1. The molecule has 0 heterocycles. The van der Waals surface area contributed by atoms with Crippen LogP contribution in [0.25, 0.3) is 0 Å². The Morgan fingerprint density at radius 2 is 2.23 bits per heavy atom. The molecule has 1 N–H and O–H groups in total. The van der Waals surface area contributed by atoms with Gasteiger partial charge < -0.3 is 10.1 Å². The normalized spacial score (nSPS) is 15.8. The summed E-state index contributed by atoms with van der Waals surface area (Å²) in [4.78, 5) is 12.0. The summed E-state index contributed by atoms with van der Waals surface area (Å²) in [6.45, 7) is 5.40. The van der Waals surface area contributed by atoms with Gasteiger partial charge in [0.25, 0.3) is 0 Å². The fourth-order valence-corrected chi connectivity index (χ4v) is 1.91. The zero-order chi connectivity index (χ0) is 16.3. The predicted molar refractivity (Wildman–Crippen MR) is 80.6 cm³/mol. The Kier molecular flexibility index (Phi) is 4.70. The topological polar surface area (TPSA) is 62.1 Å². The maximum Gasteiger partial charge on any atom is 0.240 e. The lowest BCUT2D eigenvalue weighted by atomic mass is 9.94. The quantitative estimate of drug-likeness (QED) is 0.876. The van der Waals surface area contributed by atoms with Crippen molar-refractivity contribution in [3.05, 3.63) is 29.6 Å². The number of ether oxygens (including phenoxy) is 1. The third-order valence-electron chi connectivity index (χ3n) is 3.82. The molecule has 1 aromatic carbocycles. The number of rotatable bonds is 6. The zero-order valence-corrected chi connectivity index (χ0v) is 13.1. The molecular formula is C17H21FN2O2. The highest BCUT2D eigenvalue weighted by Crippen LogP contribution is 2.30. The monoisotopic (exact) mass is 304 g/mol. The van der Waals surface area contributed by atoms with E-state index in [1.807, 2.05) is 6.07 Å². The van der Waals surface area contributed by atoms with Crippen LogP contribution >= 0.6 is 0 Å². The van der Waals surface area contributed by atoms with Crippen LogP contribution in [0.3, 0.4) is 0 Å². The van der Waals surface area contributed by atoms with Crippen molar-refractivity contribution in [2.45, 2.75) is 39.7 Å². The number of halogens is 1. The maximum atomic E-state index is 14.0. The highest BCUT2D eigenvalue weighted by molar-refractivity contribution is 5.84. The number of amides is 1. The fraction of sp³-hybridized carbons (Fsp3) is 0.529. The number of carbonyl (C=O) groups is 1. The third kappa shape index (κ3) is 3.97. The summed E-state index contributed by atoms with van der Waals surface area (Å²) >= 11 is 0. The summed E-state index contributed by atoms with van der Waals surface area (Å²) in [5.74, 6) is -0.00667. The second kappa shape index (κ2) is 6.35. The third-order valence-corrected chi connectivity index (χ3v) is 3.82. The second-order valence-corrected chi connectivity index (χ2v) is 6.38. The SMILES string of the molecule is CC(NC(=O)C(C)(C)C#N)c1ccc(OCC2CC2)c(F)c1. The summed E-state index contributed by atoms with van der Waals surface area (Å²) in [5, 5.41) is 11.7. The van der Waals surface area contributed by atoms with Gasteiger partial charge in [0, 0.05) is 0 Å². The van der Waals surface area contributed by atoms with Crippen molar-refractivity contribution in [3.8, 4) is 11.8 Å². The molecule has 1 aliphatic rings. The van der Waals surface area contributed by atoms with E-state index < -0.39 is 11.2 Å². The Labute approximate surface area is 130 Å². The standard InChI is InChI=1S/C17H21FN2O2/c1-11(20-16(21)17(2,3)10-19)13-6-7-15(14(18)8-13)22-9-12-4-5-12/h6-8,11-12H,4-5,9H2,1-3H3,(H,20,21). The van der Waals surface area contributed by atoms with E-state index >= 15 is 0 Å². The van der Waals surface area contributed by atoms with Crippen LogP contribution < -0.4 is 10.1 Å². The van der Waals surface area contributed by atoms with Gasteiger partial charge in [-0.2, -0.15) is 5.26 Å². The van der Waals surface area contributed by atoms with Gasteiger partial charge in [0.2, 0.25) is 5.91 Å². The van der Waals surface area contributed by atoms with Crippen LogP contribution in [0.15, 0.2) is 18.2 Å². The first-order valence-corrected chi connectivity index (χ1v) is 7.48. The van der Waals surface area contributed by atoms with Gasteiger partial charge in [-0.15, -0.1) is 0 Å². The molecule has 1 saturated carbocycles. The molecule has 0 radical (unpaired) electrons. The Hall–Kier alpha value is -2.09. The molecule has 0 saturated heterocycles. The van der Waals surface area contributed by atoms with Crippen LogP contribution in [-0.4, -0.2) is 12.5 Å². The fourth-order valence-electron chi connectivity index (χ4n) is 1.91. The Balaban J connectivity index is 2.00. The molecule has 1 atom stereocenters. The highest BCUT2D eigenvalue weighted by Gasteiger charge is 2.28. The van der Waals surface area contributed by atoms with Crippen molar-refractivity contribution in [1.29, 1.82) is 5.26 Å². The van der Waals surface area contributed by atoms with Crippen molar-refractivity contribution >= 4 is 5.91 Å². The average molecular weight is 304 g/mol. The first-order valence-electron chi connectivity index (χ1n) is 7.48. The van der Waals surface area contributed by atoms with E-state index in [4.69, 9.17) is 10.00 Å². The van der Waals surface area contributed by atoms with Crippen LogP contribution in [0.1, 0.15) is 45.2 Å². The van der Waals surface area contributed by atoms with Crippen molar-refractivity contribution in [1.82, 2.24) is 5.32 Å². The van der Waals surface area contributed by atoms with E-state index in [9.17, 15) is 9.18 Å². The predicted octanol–water partition coefficient (Wildman–Crippen LogP) is 3.34. The van der Waals surface area contributed by atoms with Gasteiger partial charge in [0.15, 0.2) is 11.6 Å². The molecule has 22 heavy (non-hydrogen) atoms. The summed E-state index contributed by atoms with van der Waals surface area (Å²) in [6, 6.07) is 6.25. The first-order chi connectivity index (χ1) is 10.3. The van der Waals surface area contributed by atoms with Crippen molar-refractivity contribution in [3.63, 3.8) is 0 Å². The smallest absolute Gasteiger partial charge is 0.240 e. The van der Waals surface area contributed by atoms with E-state index in [1.165, 1.54) is 6.07 Å². The number of hydrogen-bond acceptors (Lipinski definition) is 3. The lowest BCUT2D eigenvalue weighted by Crippen LogP contribution is -2.37. The summed E-state index contributed by atoms with van der Waals surface area (Å²) in [5.41, 5.74) is -0.474. The molecular weight excluding hydrogens is 283 g/mol. The van der Waals surface area contributed by atoms with E-state index in [2.05, 4.69) is 5.32 Å². The number of carbonyl (C=O) groups excluding carboxylic acids is 1. The number of nitrogens with one attached hydrogen (secondary N) is 1. The number of hydrogen-bond donors (Lipinski definition) is 1. The average Bonchev–Trinajstić information content (AvgIpc) is 3.29. The minimum atomic E-state index is -1.11. The first kappa shape index (κ1) is 16.3. The van der Waals surface area contributed by atoms with Crippen LogP contribution in [0.4, 0.5) is 4.39 Å². The van der Waals surface area contributed by atoms with Gasteiger partial charge >= 0.3 is 0 Å². The van der Waals surface area contributed by atoms with Crippen LogP contribution in [0, 0.1) is 28.5 Å². The summed E-state index contributed by atoms with van der Waals surface area (Å²) in [6.07, 6.45) is 2.30. The molecule has 0 spiro atoms. The minimum Gasteiger partial charge on any atom is -0.490 e. The lowest BCUT2D eigenvalue weighted by molar-refractivity contribution is -0.127. The van der Waals surface area contributed by atoms with E-state index in [1.54, 1.807) is 32.9 Å². The Morgan fingerprint density at radius 3 is 2.77 bits per heavy atom. The molecule has 1 aromatic rings. The second-order valence-electron chi connectivity index (χ2n) is 6.38. The van der Waals surface area contributed by atoms with Crippen LogP contribution in [-0.2, 0) is 4.79 Å². The maximum absolute atomic E-state index is 14.0. The molecule has 1 unspecified atom stereocenters. The van der Waals surface area contributed by atoms with E-state index in [0.717, 1.165) is 12.8 Å². The van der Waals surface area contributed by atoms with Gasteiger partial charge in [-0.25, -0.2) is 4.39 Å². The summed E-state index contributed by atoms with van der Waals surface area (Å²) in [7, 11) is 0.